The molecule has 1 aliphatic rings. The fraction of sp³-hybridized carbons (Fsp3) is 0.381. The van der Waals surface area contributed by atoms with E-state index in [9.17, 15) is 0 Å². The van der Waals surface area contributed by atoms with Crippen molar-refractivity contribution in [1.29, 1.82) is 0 Å². The van der Waals surface area contributed by atoms with E-state index in [2.05, 4.69) is 68.6 Å². The molecule has 1 aromatic heterocycles. The molecular formula is C21H26Cl2N6. The van der Waals surface area contributed by atoms with Crippen LogP contribution in [0.3, 0.4) is 0 Å². The third-order valence-corrected chi connectivity index (χ3v) is 5.55. The summed E-state index contributed by atoms with van der Waals surface area (Å²) in [7, 11) is 0. The van der Waals surface area contributed by atoms with Gasteiger partial charge in [0, 0.05) is 43.4 Å². The van der Waals surface area contributed by atoms with Gasteiger partial charge in [0.1, 0.15) is 0 Å². The van der Waals surface area contributed by atoms with Crippen molar-refractivity contribution in [3.8, 4) is 0 Å². The molecule has 29 heavy (non-hydrogen) atoms. The number of benzene rings is 2. The van der Waals surface area contributed by atoms with E-state index in [1.807, 2.05) is 16.8 Å². The summed E-state index contributed by atoms with van der Waals surface area (Å²) >= 11 is 6.19. The second-order valence-electron chi connectivity index (χ2n) is 7.25. The molecule has 1 aliphatic heterocycles. The third-order valence-electron chi connectivity index (χ3n) is 5.31. The predicted molar refractivity (Wildman–Crippen MR) is 119 cm³/mol. The standard InChI is InChI=1S/C21H25ClN6.ClH/c1-17-7-8-19(22)15-20(17)27-13-11-26(12-14-27)16-21-23-24-25-28(21)10-9-18-5-3-2-4-6-18;/h2-8,15H,9-14,16H2,1H3;1H. The number of hydrogen-bond acceptors (Lipinski definition) is 5. The Labute approximate surface area is 182 Å². The van der Waals surface area contributed by atoms with Crippen molar-refractivity contribution in [2.24, 2.45) is 0 Å². The minimum Gasteiger partial charge on any atom is -0.369 e. The topological polar surface area (TPSA) is 50.1 Å². The maximum absolute atomic E-state index is 6.19. The second-order valence-corrected chi connectivity index (χ2v) is 7.68. The zero-order valence-electron chi connectivity index (χ0n) is 16.5. The summed E-state index contributed by atoms with van der Waals surface area (Å²) in [5, 5.41) is 13.1. The first-order valence-corrected chi connectivity index (χ1v) is 10.1. The molecule has 1 fully saturated rings. The Hall–Kier alpha value is -2.15. The fourth-order valence-corrected chi connectivity index (χ4v) is 3.83. The van der Waals surface area contributed by atoms with E-state index in [1.54, 1.807) is 0 Å². The summed E-state index contributed by atoms with van der Waals surface area (Å²) in [4.78, 5) is 4.83. The van der Waals surface area contributed by atoms with Crippen LogP contribution < -0.4 is 4.90 Å². The molecule has 6 nitrogen and oxygen atoms in total. The Balaban J connectivity index is 0.00000240. The molecule has 0 radical (unpaired) electrons. The van der Waals surface area contributed by atoms with Gasteiger partial charge in [-0.2, -0.15) is 0 Å². The molecule has 0 atom stereocenters. The number of anilines is 1. The van der Waals surface area contributed by atoms with Crippen LogP contribution in [0.5, 0.6) is 0 Å². The van der Waals surface area contributed by atoms with Gasteiger partial charge in [0.25, 0.3) is 0 Å². The van der Waals surface area contributed by atoms with Crippen molar-refractivity contribution in [2.75, 3.05) is 31.1 Å². The predicted octanol–water partition coefficient (Wildman–Crippen LogP) is 3.62. The number of aryl methyl sites for hydroxylation is 3. The van der Waals surface area contributed by atoms with Gasteiger partial charge in [-0.1, -0.05) is 48.0 Å². The summed E-state index contributed by atoms with van der Waals surface area (Å²) in [6.45, 7) is 7.64. The lowest BCUT2D eigenvalue weighted by molar-refractivity contribution is 0.239. The van der Waals surface area contributed by atoms with Crippen molar-refractivity contribution >= 4 is 29.7 Å². The zero-order chi connectivity index (χ0) is 19.3. The number of nitrogens with zero attached hydrogens (tertiary/aromatic N) is 6. The molecule has 154 valence electrons. The highest BCUT2D eigenvalue weighted by Crippen LogP contribution is 2.25. The van der Waals surface area contributed by atoms with Crippen LogP contribution in [0.2, 0.25) is 5.02 Å². The van der Waals surface area contributed by atoms with Crippen molar-refractivity contribution in [2.45, 2.75) is 26.4 Å². The monoisotopic (exact) mass is 432 g/mol. The average molecular weight is 433 g/mol. The Morgan fingerprint density at radius 3 is 2.52 bits per heavy atom. The Kier molecular flexibility index (Phi) is 7.47. The smallest absolute Gasteiger partial charge is 0.165 e. The minimum absolute atomic E-state index is 0. The molecule has 2 heterocycles. The van der Waals surface area contributed by atoms with Gasteiger partial charge in [-0.15, -0.1) is 17.5 Å². The molecule has 1 saturated heterocycles. The molecule has 0 amide bonds. The average Bonchev–Trinajstić information content (AvgIpc) is 3.17. The Bertz CT molecular complexity index is 907. The summed E-state index contributed by atoms with van der Waals surface area (Å²) in [6.07, 6.45) is 0.931. The number of aromatic nitrogens is 4. The van der Waals surface area contributed by atoms with E-state index in [0.717, 1.165) is 56.5 Å². The van der Waals surface area contributed by atoms with Crippen molar-refractivity contribution < 1.29 is 0 Å². The van der Waals surface area contributed by atoms with Crippen LogP contribution in [0.4, 0.5) is 5.69 Å². The number of piperazine rings is 1. The molecule has 0 N–H and O–H groups in total. The van der Waals surface area contributed by atoms with Crippen LogP contribution in [0.25, 0.3) is 0 Å². The van der Waals surface area contributed by atoms with Crippen molar-refractivity contribution in [3.63, 3.8) is 0 Å². The van der Waals surface area contributed by atoms with Gasteiger partial charge in [-0.05, 0) is 47.0 Å². The van der Waals surface area contributed by atoms with Gasteiger partial charge in [-0.3, -0.25) is 4.90 Å². The number of rotatable bonds is 6. The molecular weight excluding hydrogens is 407 g/mol. The first-order valence-electron chi connectivity index (χ1n) is 9.71. The molecule has 3 aromatic rings. The first-order chi connectivity index (χ1) is 13.7. The van der Waals surface area contributed by atoms with Gasteiger partial charge in [0.05, 0.1) is 6.54 Å². The van der Waals surface area contributed by atoms with E-state index >= 15 is 0 Å². The molecule has 4 rings (SSSR count). The highest BCUT2D eigenvalue weighted by atomic mass is 35.5. The Morgan fingerprint density at radius 1 is 1.00 bits per heavy atom. The third kappa shape index (κ3) is 5.47. The van der Waals surface area contributed by atoms with Crippen LogP contribution in [-0.4, -0.2) is 51.3 Å². The normalized spacial score (nSPS) is 14.6. The maximum atomic E-state index is 6.19. The van der Waals surface area contributed by atoms with Crippen LogP contribution in [0.1, 0.15) is 17.0 Å². The molecule has 2 aromatic carbocycles. The molecule has 8 heteroatoms. The quantitative estimate of drug-likeness (QED) is 0.595. The van der Waals surface area contributed by atoms with Gasteiger partial charge >= 0.3 is 0 Å². The van der Waals surface area contributed by atoms with Gasteiger partial charge < -0.3 is 4.90 Å². The van der Waals surface area contributed by atoms with Crippen molar-refractivity contribution in [3.05, 3.63) is 70.5 Å². The number of halogens is 2. The first kappa shape index (κ1) is 21.6. The van der Waals surface area contributed by atoms with Crippen LogP contribution in [-0.2, 0) is 19.5 Å². The van der Waals surface area contributed by atoms with Crippen LogP contribution >= 0.6 is 24.0 Å². The van der Waals surface area contributed by atoms with E-state index in [0.29, 0.717) is 0 Å². The Morgan fingerprint density at radius 2 is 1.76 bits per heavy atom. The molecule has 0 bridgehead atoms. The summed E-state index contributed by atoms with van der Waals surface area (Å²) in [6, 6.07) is 16.6. The highest BCUT2D eigenvalue weighted by molar-refractivity contribution is 6.30. The van der Waals surface area contributed by atoms with E-state index < -0.39 is 0 Å². The van der Waals surface area contributed by atoms with Gasteiger partial charge in [-0.25, -0.2) is 4.68 Å². The minimum atomic E-state index is 0. The SMILES string of the molecule is Cc1ccc(Cl)cc1N1CCN(Cc2nnnn2CCc2ccccc2)CC1.Cl. The van der Waals surface area contributed by atoms with Gasteiger partial charge in [0.2, 0.25) is 0 Å². The summed E-state index contributed by atoms with van der Waals surface area (Å²) in [5.41, 5.74) is 3.80. The lowest BCUT2D eigenvalue weighted by Crippen LogP contribution is -2.46. The zero-order valence-corrected chi connectivity index (χ0v) is 18.1. The van der Waals surface area contributed by atoms with E-state index in [4.69, 9.17) is 11.6 Å². The van der Waals surface area contributed by atoms with Crippen molar-refractivity contribution in [1.82, 2.24) is 25.1 Å². The second kappa shape index (κ2) is 10.1. The number of tetrazole rings is 1. The molecule has 0 spiro atoms. The van der Waals surface area contributed by atoms with Crippen LogP contribution in [0.15, 0.2) is 48.5 Å². The lowest BCUT2D eigenvalue weighted by Gasteiger charge is -2.36. The maximum Gasteiger partial charge on any atom is 0.165 e. The summed E-state index contributed by atoms with van der Waals surface area (Å²) < 4.78 is 1.93. The lowest BCUT2D eigenvalue weighted by atomic mass is 10.1. The van der Waals surface area contributed by atoms with Gasteiger partial charge in [0.15, 0.2) is 5.82 Å². The van der Waals surface area contributed by atoms with E-state index in [-0.39, 0.29) is 12.4 Å². The fourth-order valence-electron chi connectivity index (χ4n) is 3.66. The molecule has 0 saturated carbocycles. The largest absolute Gasteiger partial charge is 0.369 e. The molecule has 0 aliphatic carbocycles. The summed E-state index contributed by atoms with van der Waals surface area (Å²) in [5.74, 6) is 0.934. The van der Waals surface area contributed by atoms with Crippen LogP contribution in [0, 0.1) is 6.92 Å². The van der Waals surface area contributed by atoms with E-state index in [1.165, 1.54) is 16.8 Å². The molecule has 0 unspecified atom stereocenters. The number of hydrogen-bond donors (Lipinski definition) is 0. The highest BCUT2D eigenvalue weighted by Gasteiger charge is 2.20.